The van der Waals surface area contributed by atoms with Crippen LogP contribution in [-0.2, 0) is 58.3 Å². The number of rotatable bonds is 10. The third-order valence-corrected chi connectivity index (χ3v) is 21.3. The van der Waals surface area contributed by atoms with E-state index in [0.29, 0.717) is 22.3 Å². The number of phenolic OH excluding ortho intramolecular Hbond substituents is 2. The number of nitrogens with zero attached hydrogens (tertiary/aromatic N) is 2. The van der Waals surface area contributed by atoms with E-state index >= 15 is 0 Å². The summed E-state index contributed by atoms with van der Waals surface area (Å²) in [4.78, 5) is 1.85. The summed E-state index contributed by atoms with van der Waals surface area (Å²) in [5, 5.41) is 29.3. The second-order valence-electron chi connectivity index (χ2n) is 36.3. The molecular formula is C96H114F2HfN2O2S2-2. The first-order valence-corrected chi connectivity index (χ1v) is 39.0. The van der Waals surface area contributed by atoms with Crippen molar-refractivity contribution in [1.29, 1.82) is 0 Å². The summed E-state index contributed by atoms with van der Waals surface area (Å²) in [7, 11) is 0. The van der Waals surface area contributed by atoms with Crippen molar-refractivity contribution in [3.8, 4) is 45.1 Å². The van der Waals surface area contributed by atoms with Crippen LogP contribution < -0.4 is 0 Å². The van der Waals surface area contributed by atoms with E-state index in [2.05, 4.69) is 272 Å². The van der Waals surface area contributed by atoms with Crippen molar-refractivity contribution >= 4 is 67.1 Å². The van der Waals surface area contributed by atoms with Crippen molar-refractivity contribution in [2.75, 3.05) is 12.5 Å². The molecule has 0 unspecified atom stereocenters. The molecule has 0 aliphatic heterocycles. The number of hydrogen-bond donors (Lipinski definition) is 2. The molecule has 9 heteroatoms. The van der Waals surface area contributed by atoms with Crippen LogP contribution in [0.1, 0.15) is 210 Å². The molecule has 0 saturated carbocycles. The van der Waals surface area contributed by atoms with Gasteiger partial charge in [0.1, 0.15) is 23.1 Å². The average molecular weight is 1610 g/mol. The number of hydrogen-bond acceptors (Lipinski definition) is 4. The molecule has 12 rings (SSSR count). The molecule has 2 N–H and O–H groups in total. The van der Waals surface area contributed by atoms with E-state index in [0.717, 1.165) is 99.9 Å². The smallest absolute Gasteiger partial charge is 0.147 e. The van der Waals surface area contributed by atoms with Crippen LogP contribution >= 0.6 is 23.5 Å². The van der Waals surface area contributed by atoms with Crippen molar-refractivity contribution in [3.05, 3.63) is 264 Å². The molecule has 0 bridgehead atoms. The van der Waals surface area contributed by atoms with Crippen molar-refractivity contribution in [2.24, 2.45) is 10.8 Å². The number of benzene rings is 10. The molecule has 10 aromatic carbocycles. The van der Waals surface area contributed by atoms with Crippen LogP contribution in [0.5, 0.6) is 11.5 Å². The van der Waals surface area contributed by atoms with Gasteiger partial charge in [0.15, 0.2) is 0 Å². The zero-order valence-corrected chi connectivity index (χ0v) is 72.4. The number of fused-ring (bicyclic) bond motifs is 6. The van der Waals surface area contributed by atoms with Crippen molar-refractivity contribution in [2.45, 2.75) is 207 Å². The van der Waals surface area contributed by atoms with Gasteiger partial charge in [0.2, 0.25) is 0 Å². The Labute approximate surface area is 656 Å². The summed E-state index contributed by atoms with van der Waals surface area (Å²) < 4.78 is 34.2. The summed E-state index contributed by atoms with van der Waals surface area (Å²) in [6.07, 6.45) is 5.88. The van der Waals surface area contributed by atoms with Gasteiger partial charge >= 0.3 is 0 Å². The third-order valence-electron chi connectivity index (χ3n) is 19.8. The molecule has 0 aliphatic rings. The summed E-state index contributed by atoms with van der Waals surface area (Å²) in [6.45, 7) is 57.0. The van der Waals surface area contributed by atoms with Crippen LogP contribution in [0.15, 0.2) is 204 Å². The Morgan fingerprint density at radius 3 is 0.810 bits per heavy atom. The minimum atomic E-state index is -0.315. The van der Waals surface area contributed by atoms with Crippen LogP contribution in [-0.4, -0.2) is 31.9 Å². The molecule has 2 aromatic heterocycles. The van der Waals surface area contributed by atoms with Crippen LogP contribution in [0, 0.1) is 36.3 Å². The quantitative estimate of drug-likeness (QED) is 0.0814. The van der Waals surface area contributed by atoms with E-state index in [9.17, 15) is 19.0 Å². The van der Waals surface area contributed by atoms with E-state index < -0.39 is 0 Å². The van der Waals surface area contributed by atoms with Gasteiger partial charge in [-0.15, -0.1) is 47.8 Å². The molecule has 2 heterocycles. The van der Waals surface area contributed by atoms with Gasteiger partial charge in [0.05, 0.1) is 33.4 Å². The molecule has 12 aromatic rings. The molecule has 0 amide bonds. The van der Waals surface area contributed by atoms with Crippen LogP contribution in [0.2, 0.25) is 0 Å². The fraction of sp³-hybridized carbons (Fsp3) is 0.354. The summed E-state index contributed by atoms with van der Waals surface area (Å²) in [6, 6.07) is 65.0. The molecule has 105 heavy (non-hydrogen) atoms. The summed E-state index contributed by atoms with van der Waals surface area (Å²) >= 11 is 3.13. The summed E-state index contributed by atoms with van der Waals surface area (Å²) in [5.41, 5.74) is 17.2. The number of aromatic nitrogens is 2. The number of aromatic hydroxyl groups is 2. The molecule has 0 fully saturated rings. The maximum atomic E-state index is 14.9. The zero-order chi connectivity index (χ0) is 76.8. The van der Waals surface area contributed by atoms with E-state index in [4.69, 9.17) is 0 Å². The molecule has 0 spiro atoms. The minimum Gasteiger partial charge on any atom is -0.505 e. The van der Waals surface area contributed by atoms with Crippen molar-refractivity contribution in [1.82, 2.24) is 9.13 Å². The van der Waals surface area contributed by atoms with Gasteiger partial charge in [-0.2, -0.15) is 49.2 Å². The average Bonchev–Trinajstić information content (AvgIpc) is 1.61. The largest absolute Gasteiger partial charge is 0.505 e. The van der Waals surface area contributed by atoms with Gasteiger partial charge in [-0.05, 0) is 187 Å². The topological polar surface area (TPSA) is 50.3 Å². The zero-order valence-electron chi connectivity index (χ0n) is 67.2. The third kappa shape index (κ3) is 19.5. The van der Waals surface area contributed by atoms with Crippen molar-refractivity contribution in [3.63, 3.8) is 0 Å². The number of halogens is 2. The summed E-state index contributed by atoms with van der Waals surface area (Å²) in [5.74, 6) is -0.311. The Morgan fingerprint density at radius 2 is 0.590 bits per heavy atom. The van der Waals surface area contributed by atoms with Gasteiger partial charge in [-0.1, -0.05) is 213 Å². The maximum absolute atomic E-state index is 14.9. The maximum Gasteiger partial charge on any atom is 0.147 e. The normalized spacial score (nSPS) is 12.5. The molecule has 0 aliphatic carbocycles. The van der Waals surface area contributed by atoms with E-state index in [-0.39, 0.29) is 92.3 Å². The second kappa shape index (κ2) is 31.8. The Bertz CT molecular complexity index is 4590. The minimum absolute atomic E-state index is 0. The van der Waals surface area contributed by atoms with Gasteiger partial charge < -0.3 is 19.3 Å². The van der Waals surface area contributed by atoms with Gasteiger partial charge in [-0.3, -0.25) is 0 Å². The first kappa shape index (κ1) is 83.2. The molecule has 0 saturated heterocycles. The van der Waals surface area contributed by atoms with Gasteiger partial charge in [-0.25, -0.2) is 8.78 Å². The predicted molar refractivity (Wildman–Crippen MR) is 450 cm³/mol. The first-order chi connectivity index (χ1) is 48.2. The van der Waals surface area contributed by atoms with E-state index in [1.807, 2.05) is 85.3 Å². The second-order valence-corrected chi connectivity index (χ2v) is 38.0. The monoisotopic (exact) mass is 1610 g/mol. The Balaban J connectivity index is 0.000000221. The number of phenols is 2. The first-order valence-electron chi connectivity index (χ1n) is 36.6. The molecule has 552 valence electrons. The molecular weight excluding hydrogens is 1490 g/mol. The predicted octanol–water partition coefficient (Wildman–Crippen LogP) is 28.4. The Kier molecular flexibility index (Phi) is 25.2. The van der Waals surface area contributed by atoms with Crippen LogP contribution in [0.3, 0.4) is 0 Å². The van der Waals surface area contributed by atoms with Crippen LogP contribution in [0.25, 0.3) is 77.2 Å². The Morgan fingerprint density at radius 1 is 0.324 bits per heavy atom. The standard InChI is InChI=1S/2C41H50FNOS.2C7H7.Hf/c2*1-38(2,3)24-41(10,11)27-19-32(31-23-28(42)15-18-36(31)45-12)37(44)35(22-27)43-33-20-25(39(4,5)6)13-16-29(33)30-17-14-26(21-34(30)43)40(7,8)9;2*1-7-5-3-2-4-6-7;/h2*13-23,44H,24H2,1-12H3;2*2-6H,1H2;/q;;2*-1;. The molecule has 4 nitrogen and oxygen atoms in total. The van der Waals surface area contributed by atoms with E-state index in [1.54, 1.807) is 35.7 Å². The fourth-order valence-corrected chi connectivity index (χ4v) is 16.0. The number of thioether (sulfide) groups is 2. The van der Waals surface area contributed by atoms with Crippen molar-refractivity contribution < 1.29 is 44.8 Å². The fourth-order valence-electron chi connectivity index (χ4n) is 14.8. The SMILES string of the molecule is CSc1ccc(F)cc1-c1cc(C(C)(C)CC(C)(C)C)cc(-n2c3cc(C(C)(C)C)ccc3c3ccc(C(C)(C)C)cc32)c1O.CSc1ccc(F)cc1-c1cc(C(C)(C)CC(C)(C)C)cc(-n2c3cc(C(C)(C)C)ccc3c3ccc(C(C)(C)C)cc32)c1O.[CH2-]c1ccccc1.[CH2-]c1ccccc1.[Hf]. The molecule has 0 atom stereocenters. The molecule has 0 radical (unpaired) electrons. The van der Waals surface area contributed by atoms with E-state index in [1.165, 1.54) is 34.4 Å². The van der Waals surface area contributed by atoms with Crippen LogP contribution in [0.4, 0.5) is 8.78 Å². The Hall–Kier alpha value is -7.43. The van der Waals surface area contributed by atoms with Gasteiger partial charge in [0.25, 0.3) is 0 Å². The van der Waals surface area contributed by atoms with Gasteiger partial charge in [0, 0.05) is 79.4 Å².